The Bertz CT molecular complexity index is 2580. The van der Waals surface area contributed by atoms with Crippen LogP contribution in [-0.2, 0) is 0 Å². The van der Waals surface area contributed by atoms with Crippen molar-refractivity contribution in [3.05, 3.63) is 0 Å². The van der Waals surface area contributed by atoms with Gasteiger partial charge in [-0.1, -0.05) is 215 Å². The molecular weight excluding hydrogens is 1110 g/mol. The quantitative estimate of drug-likeness (QED) is 0.227. The van der Waals surface area contributed by atoms with Gasteiger partial charge in [-0.2, -0.15) is 0 Å². The van der Waals surface area contributed by atoms with Crippen molar-refractivity contribution >= 4 is 0 Å². The predicted molar refractivity (Wildman–Crippen MR) is 395 cm³/mol. The van der Waals surface area contributed by atoms with E-state index in [0.717, 1.165) is 144 Å². The summed E-state index contributed by atoms with van der Waals surface area (Å²) in [5.41, 5.74) is 1.88. The molecule has 0 amide bonds. The first-order chi connectivity index (χ1) is 47.1. The largest absolute Gasteiger partial charge is 0.0625 e. The van der Waals surface area contributed by atoms with E-state index in [1.54, 1.807) is 0 Å². The Morgan fingerprint density at radius 2 is 0.630 bits per heavy atom. The Balaban J connectivity index is 0.0000000987. The van der Waals surface area contributed by atoms with E-state index in [-0.39, 0.29) is 41.3 Å². The first-order valence-corrected chi connectivity index (χ1v) is 43.6. The van der Waals surface area contributed by atoms with Gasteiger partial charge in [-0.15, -0.1) is 0 Å². The summed E-state index contributed by atoms with van der Waals surface area (Å²) in [5, 5.41) is 0. The van der Waals surface area contributed by atoms with Gasteiger partial charge in [0.25, 0.3) is 0 Å². The van der Waals surface area contributed by atoms with Crippen LogP contribution in [0, 0.1) is 176 Å². The van der Waals surface area contributed by atoms with E-state index in [2.05, 4.69) is 48.5 Å². The van der Waals surface area contributed by atoms with Crippen LogP contribution in [0.1, 0.15) is 411 Å². The molecule has 526 valence electrons. The summed E-state index contributed by atoms with van der Waals surface area (Å²) in [6, 6.07) is 0. The summed E-state index contributed by atoms with van der Waals surface area (Å²) in [5.74, 6) is 18.4. The first kappa shape index (κ1) is 60.7. The molecule has 0 heterocycles. The Hall–Kier alpha value is 0. The molecule has 20 rings (SSSR count). The van der Waals surface area contributed by atoms with E-state index in [9.17, 15) is 0 Å². The lowest BCUT2D eigenvalue weighted by Gasteiger charge is -2.61. The van der Waals surface area contributed by atoms with Crippen molar-refractivity contribution in [2.75, 3.05) is 0 Å². The summed E-state index contributed by atoms with van der Waals surface area (Å²) in [6.07, 6.45) is 76.7. The van der Waals surface area contributed by atoms with Crippen LogP contribution in [-0.4, -0.2) is 0 Å². The van der Waals surface area contributed by atoms with Gasteiger partial charge in [-0.25, -0.2) is 0 Å². The average molecular weight is 1270 g/mol. The molecule has 4 bridgehead atoms. The van der Waals surface area contributed by atoms with E-state index in [1.807, 2.05) is 0 Å². The summed E-state index contributed by atoms with van der Waals surface area (Å²) in [4.78, 5) is 0. The van der Waals surface area contributed by atoms with Crippen molar-refractivity contribution in [3.63, 3.8) is 0 Å². The van der Waals surface area contributed by atoms with Crippen molar-refractivity contribution in [2.45, 2.75) is 402 Å². The van der Waals surface area contributed by atoms with Crippen molar-refractivity contribution in [3.8, 4) is 0 Å². The maximum atomic E-state index is 8.50. The molecule has 0 aromatic rings. The fraction of sp³-hybridized carbons (Fsp3) is 1.00. The monoisotopic (exact) mass is 1270 g/mol. The molecule has 0 aromatic carbocycles. The van der Waals surface area contributed by atoms with Gasteiger partial charge in [0.1, 0.15) is 0 Å². The van der Waals surface area contributed by atoms with Gasteiger partial charge in [0.15, 0.2) is 0 Å². The van der Waals surface area contributed by atoms with Gasteiger partial charge in [0.2, 0.25) is 0 Å². The van der Waals surface area contributed by atoms with E-state index >= 15 is 0 Å². The highest BCUT2D eigenvalue weighted by atomic mass is 14.6. The molecule has 27 atom stereocenters. The normalized spacial score (nSPS) is 58.2. The lowest BCUT2D eigenvalue weighted by Crippen LogP contribution is -2.50. The van der Waals surface area contributed by atoms with Gasteiger partial charge in [-0.05, 0) is 362 Å². The number of hydrogen-bond donors (Lipinski definition) is 0. The van der Waals surface area contributed by atoms with Crippen LogP contribution in [0.4, 0.5) is 0 Å². The predicted octanol–water partition coefficient (Wildman–Crippen LogP) is 28.4. The number of rotatable bonds is 0. The summed E-state index contributed by atoms with van der Waals surface area (Å²) < 4.78 is 58.4. The smallest absolute Gasteiger partial charge is 0.0303 e. The fourth-order valence-corrected chi connectivity index (χ4v) is 30.8. The third kappa shape index (κ3) is 15.0. The molecule has 20 aliphatic rings. The molecule has 0 aliphatic heterocycles. The van der Waals surface area contributed by atoms with Crippen LogP contribution in [0.25, 0.3) is 0 Å². The zero-order chi connectivity index (χ0) is 69.4. The lowest BCUT2D eigenvalue weighted by atomic mass is 9.44. The molecule has 92 heavy (non-hydrogen) atoms. The molecule has 20 fully saturated rings. The van der Waals surface area contributed by atoms with Gasteiger partial charge >= 0.3 is 0 Å². The van der Waals surface area contributed by atoms with E-state index in [4.69, 9.17) is 9.60 Å². The molecule has 1 spiro atoms. The third-order valence-corrected chi connectivity index (χ3v) is 35.0. The minimum absolute atomic E-state index is 0.0455. The molecule has 20 aliphatic carbocycles. The lowest BCUT2D eigenvalue weighted by molar-refractivity contribution is -0.105. The molecular formula is C92H158. The third-order valence-electron chi connectivity index (χ3n) is 35.0. The highest BCUT2D eigenvalue weighted by molar-refractivity contribution is 5.07. The minimum Gasteiger partial charge on any atom is -0.0625 e. The molecule has 20 saturated carbocycles. The van der Waals surface area contributed by atoms with Crippen LogP contribution in [0.5, 0.6) is 0 Å². The van der Waals surface area contributed by atoms with Gasteiger partial charge in [-0.3, -0.25) is 0 Å². The van der Waals surface area contributed by atoms with Gasteiger partial charge < -0.3 is 0 Å². The van der Waals surface area contributed by atoms with Crippen LogP contribution >= 0.6 is 0 Å². The van der Waals surface area contributed by atoms with Crippen LogP contribution in [0.3, 0.4) is 0 Å². The van der Waals surface area contributed by atoms with Crippen molar-refractivity contribution in [1.29, 1.82) is 0 Å². The summed E-state index contributed by atoms with van der Waals surface area (Å²) in [6.45, 7) is 15.3. The second-order valence-corrected chi connectivity index (χ2v) is 39.9. The first-order valence-electron chi connectivity index (χ1n) is 47.1. The second-order valence-electron chi connectivity index (χ2n) is 39.9. The van der Waals surface area contributed by atoms with Crippen LogP contribution in [0.2, 0.25) is 0 Å². The molecule has 0 N–H and O–H groups in total. The van der Waals surface area contributed by atoms with E-state index in [0.29, 0.717) is 16.2 Å². The Morgan fingerprint density at radius 3 is 1.28 bits per heavy atom. The maximum Gasteiger partial charge on any atom is 0.0303 e. The van der Waals surface area contributed by atoms with Gasteiger partial charge in [0.05, 0.1) is 0 Å². The zero-order valence-electron chi connectivity index (χ0n) is 69.4. The Kier molecular flexibility index (Phi) is 20.5. The van der Waals surface area contributed by atoms with Crippen molar-refractivity contribution in [1.82, 2.24) is 0 Å². The molecule has 0 nitrogen and oxygen atoms in total. The summed E-state index contributed by atoms with van der Waals surface area (Å²) >= 11 is 0. The molecule has 0 saturated heterocycles. The highest BCUT2D eigenvalue weighted by Gasteiger charge is 2.57. The highest BCUT2D eigenvalue weighted by Crippen LogP contribution is 2.67. The Labute approximate surface area is 584 Å². The van der Waals surface area contributed by atoms with Gasteiger partial charge in [0, 0.05) is 9.60 Å². The topological polar surface area (TPSA) is 0 Å². The second kappa shape index (κ2) is 31.1. The fourth-order valence-electron chi connectivity index (χ4n) is 30.8. The summed E-state index contributed by atoms with van der Waals surface area (Å²) in [7, 11) is 0. The maximum absolute atomic E-state index is 8.50. The number of fused-ring (bicyclic) bond motifs is 15. The SMILES string of the molecule is [2H][C@@]1(C)CC2CC1C1CCCC21.[2H][C@@]1(C)CC2CC1C1CCCCC21.[2H][C@@]1(C)CCC23CCCCC2(CCCC3)C1.[2H][C@@]1(C)CCC2CC3CCCCC3CC2C1.[2H][C@@]1(C)CCCC2(CCCCC2)C1.[2H][C@]1(C)CCC2CCC3CCCC1C32.[2H][C@]1(C)CCCC2C3CCCCC3CC21. The minimum atomic E-state index is -0.113. The van der Waals surface area contributed by atoms with E-state index < -0.39 is 0 Å². The molecule has 0 aromatic heterocycles. The van der Waals surface area contributed by atoms with Crippen LogP contribution in [0.15, 0.2) is 0 Å². The average Bonchev–Trinajstić information content (AvgIpc) is 1.60. The zero-order valence-corrected chi connectivity index (χ0v) is 62.4. The Morgan fingerprint density at radius 1 is 0.207 bits per heavy atom. The molecule has 20 unspecified atom stereocenters. The van der Waals surface area contributed by atoms with Crippen molar-refractivity contribution in [2.24, 2.45) is 176 Å². The van der Waals surface area contributed by atoms with E-state index in [1.165, 1.54) is 327 Å². The standard InChI is InChI=1S/2C15H26.C14H24.C13H22.C12H20.C12H22.C11H18/c1-13-6-11-14-7-2-4-9-15(14,12-13)10-5-3-8-14;1-11-6-7-14-9-12-4-2-3-5-13(12)10-15(14)8-11;1-10-5-4-8-13-12-7-3-2-6-11(12)9-14(10)13;1-9-5-6-11-8-7-10-3-2-4-12(9)13(10)11;1-8-6-9-7-12(8)11-5-3-2-4-10(9)11;1-11-6-5-9-12(10-11)7-3-2-4-8-12;1-7-5-8-6-11(7)10-4-2-3-9(8)10/h13H,2-12H2,1H3;11-15H,2-10H2,1H3;10-14H,2-9H2,1H3;9-13H,2-8H2,1H3;8-12H,2-7H2,1H3;11H,2-10H2,1H3;7-11H,2-6H2,1H3/t13-,14?,15?;11-,12?,13?,14?,15?;10-,11?,12?,13?,14?;9-,10?,11?,12?,13?;8-,9?,10?,11?,12?;11-;7-,8?,9?,10?,11?/m1100111/s1/i13D;11D;10D;9D;8D;11D;7D. The number of hydrogen-bond acceptors (Lipinski definition) is 0. The molecule has 0 heteroatoms. The molecule has 0 radical (unpaired) electrons. The van der Waals surface area contributed by atoms with Crippen LogP contribution < -0.4 is 0 Å². The van der Waals surface area contributed by atoms with Crippen molar-refractivity contribution < 1.29 is 9.60 Å².